The Labute approximate surface area is 220 Å². The molecule has 1 aliphatic heterocycles. The Kier molecular flexibility index (Phi) is 7.36. The van der Waals surface area contributed by atoms with Crippen molar-refractivity contribution in [3.63, 3.8) is 0 Å². The molecule has 9 nitrogen and oxygen atoms in total. The summed E-state index contributed by atoms with van der Waals surface area (Å²) in [5.74, 6) is 1.19. The van der Waals surface area contributed by atoms with Gasteiger partial charge in [-0.15, -0.1) is 5.10 Å². The quantitative estimate of drug-likeness (QED) is 0.270. The van der Waals surface area contributed by atoms with Crippen molar-refractivity contribution in [2.24, 2.45) is 0 Å². The van der Waals surface area contributed by atoms with Crippen LogP contribution < -0.4 is 9.64 Å². The Balaban J connectivity index is 1.37. The predicted molar refractivity (Wildman–Crippen MR) is 144 cm³/mol. The number of anilines is 1. The first-order valence-corrected chi connectivity index (χ1v) is 13.1. The highest BCUT2D eigenvalue weighted by Gasteiger charge is 2.29. The number of para-hydroxylation sites is 3. The summed E-state index contributed by atoms with van der Waals surface area (Å²) in [7, 11) is 1.68. The molecular weight excluding hydrogens is 486 g/mol. The van der Waals surface area contributed by atoms with E-state index in [9.17, 15) is 4.79 Å². The van der Waals surface area contributed by atoms with Crippen molar-refractivity contribution in [1.29, 1.82) is 0 Å². The molecule has 2 aromatic carbocycles. The Morgan fingerprint density at radius 1 is 0.946 bits per heavy atom. The van der Waals surface area contributed by atoms with Gasteiger partial charge in [-0.1, -0.05) is 47.3 Å². The number of thioether (sulfide) groups is 1. The van der Waals surface area contributed by atoms with Gasteiger partial charge < -0.3 is 14.5 Å². The monoisotopic (exact) mass is 515 g/mol. The summed E-state index contributed by atoms with van der Waals surface area (Å²) >= 11 is 1.48. The average molecular weight is 516 g/mol. The smallest absolute Gasteiger partial charge is 0.276 e. The van der Waals surface area contributed by atoms with E-state index in [2.05, 4.69) is 25.2 Å². The minimum atomic E-state index is -0.112. The molecular formula is C27H29N7O2S. The summed E-state index contributed by atoms with van der Waals surface area (Å²) in [5.41, 5.74) is 4.81. The topological polar surface area (TPSA) is 89.3 Å². The average Bonchev–Trinajstić information content (AvgIpc) is 3.35. The second-order valence-electron chi connectivity index (χ2n) is 8.81. The first kappa shape index (κ1) is 24.8. The van der Waals surface area contributed by atoms with E-state index >= 15 is 0 Å². The predicted octanol–water partition coefficient (Wildman–Crippen LogP) is 3.94. The van der Waals surface area contributed by atoms with Crippen LogP contribution in [0.1, 0.15) is 27.6 Å². The molecule has 0 spiro atoms. The molecule has 0 saturated carbocycles. The van der Waals surface area contributed by atoms with E-state index in [-0.39, 0.29) is 5.91 Å². The highest BCUT2D eigenvalue weighted by Crippen LogP contribution is 2.29. The maximum absolute atomic E-state index is 13.7. The molecule has 0 bridgehead atoms. The highest BCUT2D eigenvalue weighted by molar-refractivity contribution is 7.98. The maximum Gasteiger partial charge on any atom is 0.276 e. The van der Waals surface area contributed by atoms with Crippen LogP contribution in [0, 0.1) is 13.8 Å². The SMILES string of the molecule is COc1ccccc1N1CCN(C(=O)c2nnn(-c3ccccc3)c2CSc2nc(C)cc(C)n2)CC1. The van der Waals surface area contributed by atoms with E-state index < -0.39 is 0 Å². The fraction of sp³-hybridized carbons (Fsp3) is 0.296. The molecule has 0 N–H and O–H groups in total. The summed E-state index contributed by atoms with van der Waals surface area (Å²) in [6.45, 7) is 6.49. The van der Waals surface area contributed by atoms with Crippen LogP contribution in [0.15, 0.2) is 65.8 Å². The number of hydrogen-bond acceptors (Lipinski definition) is 8. The van der Waals surface area contributed by atoms with E-state index in [1.165, 1.54) is 11.8 Å². The molecule has 4 aromatic rings. The second kappa shape index (κ2) is 11.0. The molecule has 0 atom stereocenters. The van der Waals surface area contributed by atoms with Gasteiger partial charge in [-0.2, -0.15) is 0 Å². The zero-order chi connectivity index (χ0) is 25.8. The zero-order valence-electron chi connectivity index (χ0n) is 21.2. The van der Waals surface area contributed by atoms with Crippen molar-refractivity contribution in [2.75, 3.05) is 38.2 Å². The van der Waals surface area contributed by atoms with Crippen molar-refractivity contribution < 1.29 is 9.53 Å². The molecule has 5 rings (SSSR count). The number of aromatic nitrogens is 5. The molecule has 0 aliphatic carbocycles. The lowest BCUT2D eigenvalue weighted by molar-refractivity contribution is 0.0740. The van der Waals surface area contributed by atoms with Crippen LogP contribution in [0.2, 0.25) is 0 Å². The van der Waals surface area contributed by atoms with Crippen LogP contribution in [-0.2, 0) is 5.75 Å². The molecule has 10 heteroatoms. The normalized spacial score (nSPS) is 13.6. The number of methoxy groups -OCH3 is 1. The number of aryl methyl sites for hydroxylation is 2. The van der Waals surface area contributed by atoms with Crippen LogP contribution in [0.3, 0.4) is 0 Å². The maximum atomic E-state index is 13.7. The van der Waals surface area contributed by atoms with E-state index in [0.29, 0.717) is 42.8 Å². The van der Waals surface area contributed by atoms with Gasteiger partial charge in [-0.3, -0.25) is 4.79 Å². The molecule has 1 amide bonds. The molecule has 0 radical (unpaired) electrons. The first-order valence-electron chi connectivity index (χ1n) is 12.2. The van der Waals surface area contributed by atoms with Gasteiger partial charge in [-0.05, 0) is 44.2 Å². The second-order valence-corrected chi connectivity index (χ2v) is 9.75. The number of carbonyl (C=O) groups is 1. The van der Waals surface area contributed by atoms with Gasteiger partial charge in [0.15, 0.2) is 10.9 Å². The summed E-state index contributed by atoms with van der Waals surface area (Å²) in [5, 5.41) is 9.40. The highest BCUT2D eigenvalue weighted by atomic mass is 32.2. The molecule has 1 aliphatic rings. The standard InChI is InChI=1S/C27H29N7O2S/c1-19-17-20(2)29-27(28-19)37-18-23-25(30-31-34(23)21-9-5-4-6-10-21)26(35)33-15-13-32(14-16-33)22-11-7-8-12-24(22)36-3/h4-12,17H,13-16,18H2,1-3H3. The molecule has 0 unspecified atom stereocenters. The fourth-order valence-electron chi connectivity index (χ4n) is 4.46. The van der Waals surface area contributed by atoms with Crippen LogP contribution in [0.4, 0.5) is 5.69 Å². The minimum absolute atomic E-state index is 0.112. The summed E-state index contributed by atoms with van der Waals surface area (Å²) < 4.78 is 7.27. The number of carbonyl (C=O) groups excluding carboxylic acids is 1. The largest absolute Gasteiger partial charge is 0.495 e. The molecule has 190 valence electrons. The van der Waals surface area contributed by atoms with Crippen LogP contribution in [0.25, 0.3) is 5.69 Å². The van der Waals surface area contributed by atoms with Crippen LogP contribution in [-0.4, -0.2) is 69.1 Å². The Morgan fingerprint density at radius 3 is 2.32 bits per heavy atom. The third kappa shape index (κ3) is 5.43. The van der Waals surface area contributed by atoms with Crippen molar-refractivity contribution in [2.45, 2.75) is 24.8 Å². The van der Waals surface area contributed by atoms with Crippen molar-refractivity contribution in [3.8, 4) is 11.4 Å². The number of piperazine rings is 1. The summed E-state index contributed by atoms with van der Waals surface area (Å²) in [6, 6.07) is 19.7. The molecule has 37 heavy (non-hydrogen) atoms. The van der Waals surface area contributed by atoms with Gasteiger partial charge in [0.1, 0.15) is 5.75 Å². The van der Waals surface area contributed by atoms with Gasteiger partial charge in [0.25, 0.3) is 5.91 Å². The van der Waals surface area contributed by atoms with Gasteiger partial charge in [-0.25, -0.2) is 14.6 Å². The number of amides is 1. The van der Waals surface area contributed by atoms with Crippen LogP contribution in [0.5, 0.6) is 5.75 Å². The number of benzene rings is 2. The Morgan fingerprint density at radius 2 is 1.62 bits per heavy atom. The number of hydrogen-bond donors (Lipinski definition) is 0. The lowest BCUT2D eigenvalue weighted by atomic mass is 10.2. The van der Waals surface area contributed by atoms with Crippen molar-refractivity contribution in [3.05, 3.63) is 83.4 Å². The number of nitrogens with zero attached hydrogens (tertiary/aromatic N) is 7. The number of rotatable bonds is 7. The summed E-state index contributed by atoms with van der Waals surface area (Å²) in [4.78, 5) is 26.9. The lowest BCUT2D eigenvalue weighted by Gasteiger charge is -2.36. The fourth-order valence-corrected chi connectivity index (χ4v) is 5.40. The zero-order valence-corrected chi connectivity index (χ0v) is 22.0. The molecule has 2 aromatic heterocycles. The van der Waals surface area contributed by atoms with Gasteiger partial charge >= 0.3 is 0 Å². The van der Waals surface area contributed by atoms with Crippen molar-refractivity contribution >= 4 is 23.4 Å². The van der Waals surface area contributed by atoms with Crippen molar-refractivity contribution in [1.82, 2.24) is 29.9 Å². The molecule has 1 saturated heterocycles. The molecule has 1 fully saturated rings. The van der Waals surface area contributed by atoms with Gasteiger partial charge in [0.2, 0.25) is 0 Å². The number of ether oxygens (including phenoxy) is 1. The lowest BCUT2D eigenvalue weighted by Crippen LogP contribution is -2.49. The van der Waals surface area contributed by atoms with E-state index in [0.717, 1.165) is 34.2 Å². The van der Waals surface area contributed by atoms with Gasteiger partial charge in [0.05, 0.1) is 24.2 Å². The van der Waals surface area contributed by atoms with E-state index in [4.69, 9.17) is 4.74 Å². The van der Waals surface area contributed by atoms with E-state index in [1.807, 2.05) is 79.4 Å². The molecule has 3 heterocycles. The van der Waals surface area contributed by atoms with Gasteiger partial charge in [0, 0.05) is 43.3 Å². The minimum Gasteiger partial charge on any atom is -0.495 e. The Bertz CT molecular complexity index is 1360. The summed E-state index contributed by atoms with van der Waals surface area (Å²) in [6.07, 6.45) is 0. The third-order valence-corrected chi connectivity index (χ3v) is 7.12. The van der Waals surface area contributed by atoms with E-state index in [1.54, 1.807) is 11.8 Å². The first-order chi connectivity index (χ1) is 18.0. The van der Waals surface area contributed by atoms with Crippen LogP contribution >= 0.6 is 11.8 Å². The Hall–Kier alpha value is -3.92. The third-order valence-electron chi connectivity index (χ3n) is 6.26.